The summed E-state index contributed by atoms with van der Waals surface area (Å²) in [7, 11) is 0. The molecular weight excluding hydrogens is 274 g/mol. The molecule has 2 aromatic heterocycles. The molecule has 2 heterocycles. The van der Waals surface area contributed by atoms with Gasteiger partial charge in [-0.05, 0) is 17.9 Å². The van der Waals surface area contributed by atoms with Crippen molar-refractivity contribution in [1.29, 1.82) is 0 Å². The number of aromatic nitrogens is 5. The maximum absolute atomic E-state index is 10.9. The number of nitrogens with zero attached hydrogens (tertiary/aromatic N) is 6. The van der Waals surface area contributed by atoms with Gasteiger partial charge in [0.1, 0.15) is 12.7 Å². The number of aryl methyl sites for hydroxylation is 2. The van der Waals surface area contributed by atoms with Gasteiger partial charge in [-0.2, -0.15) is 0 Å². The summed E-state index contributed by atoms with van der Waals surface area (Å²) in [4.78, 5) is 14.4. The highest BCUT2D eigenvalue weighted by Crippen LogP contribution is 2.13. The standard InChI is InChI=1S/C12H19N7O2/c1-3-4-13-7-11-9-17(16-15-11)5-6-18-10(2)14-8-12(18)19(20)21/h8-9,13H,3-7H2,1-2H3. The van der Waals surface area contributed by atoms with Crippen molar-refractivity contribution in [1.82, 2.24) is 29.9 Å². The Hall–Kier alpha value is -2.29. The quantitative estimate of drug-likeness (QED) is 0.440. The zero-order valence-corrected chi connectivity index (χ0v) is 12.2. The monoisotopic (exact) mass is 293 g/mol. The minimum absolute atomic E-state index is 0.00236. The lowest BCUT2D eigenvalue weighted by molar-refractivity contribution is -0.392. The van der Waals surface area contributed by atoms with Crippen LogP contribution in [0, 0.1) is 17.0 Å². The van der Waals surface area contributed by atoms with Gasteiger partial charge in [-0.25, -0.2) is 14.2 Å². The van der Waals surface area contributed by atoms with Crippen LogP contribution in [0.4, 0.5) is 5.82 Å². The number of imidazole rings is 1. The van der Waals surface area contributed by atoms with Crippen LogP contribution in [0.3, 0.4) is 0 Å². The second-order valence-corrected chi connectivity index (χ2v) is 4.72. The fourth-order valence-corrected chi connectivity index (χ4v) is 2.00. The molecule has 1 N–H and O–H groups in total. The average Bonchev–Trinajstić information content (AvgIpc) is 3.04. The second-order valence-electron chi connectivity index (χ2n) is 4.72. The van der Waals surface area contributed by atoms with E-state index in [1.54, 1.807) is 16.2 Å². The van der Waals surface area contributed by atoms with Gasteiger partial charge in [0, 0.05) is 19.7 Å². The van der Waals surface area contributed by atoms with Crippen molar-refractivity contribution in [3.05, 3.63) is 34.0 Å². The molecule has 0 aromatic carbocycles. The molecule has 0 bridgehead atoms. The first-order valence-corrected chi connectivity index (χ1v) is 6.88. The van der Waals surface area contributed by atoms with Crippen LogP contribution in [0.15, 0.2) is 12.4 Å². The van der Waals surface area contributed by atoms with Crippen LogP contribution in [0.5, 0.6) is 0 Å². The third-order valence-corrected chi connectivity index (χ3v) is 3.09. The summed E-state index contributed by atoms with van der Waals surface area (Å²) < 4.78 is 3.25. The van der Waals surface area contributed by atoms with Gasteiger partial charge in [-0.15, -0.1) is 5.10 Å². The van der Waals surface area contributed by atoms with Crippen LogP contribution in [0.2, 0.25) is 0 Å². The first-order valence-electron chi connectivity index (χ1n) is 6.88. The van der Waals surface area contributed by atoms with E-state index in [-0.39, 0.29) is 5.82 Å². The van der Waals surface area contributed by atoms with Gasteiger partial charge in [0.2, 0.25) is 0 Å². The summed E-state index contributed by atoms with van der Waals surface area (Å²) in [6, 6.07) is 0. The van der Waals surface area contributed by atoms with Crippen molar-refractivity contribution in [3.8, 4) is 0 Å². The summed E-state index contributed by atoms with van der Waals surface area (Å²) in [5.74, 6) is 0.615. The summed E-state index contributed by atoms with van der Waals surface area (Å²) >= 11 is 0. The van der Waals surface area contributed by atoms with Gasteiger partial charge in [0.25, 0.3) is 0 Å². The maximum atomic E-state index is 10.9. The van der Waals surface area contributed by atoms with Gasteiger partial charge in [0.05, 0.1) is 12.2 Å². The van der Waals surface area contributed by atoms with Crippen LogP contribution in [0.1, 0.15) is 24.9 Å². The summed E-state index contributed by atoms with van der Waals surface area (Å²) in [6.45, 7) is 6.41. The fourth-order valence-electron chi connectivity index (χ4n) is 2.00. The molecule has 0 unspecified atom stereocenters. The molecule has 0 aliphatic heterocycles. The Labute approximate surface area is 122 Å². The van der Waals surface area contributed by atoms with E-state index in [2.05, 4.69) is 27.5 Å². The summed E-state index contributed by atoms with van der Waals surface area (Å²) in [5, 5.41) is 22.2. The number of hydrogen-bond donors (Lipinski definition) is 1. The zero-order chi connectivity index (χ0) is 15.2. The van der Waals surface area contributed by atoms with E-state index in [1.807, 2.05) is 6.20 Å². The van der Waals surface area contributed by atoms with Crippen molar-refractivity contribution >= 4 is 5.82 Å². The number of nitrogens with one attached hydrogen (secondary N) is 1. The number of hydrogen-bond acceptors (Lipinski definition) is 6. The molecule has 0 amide bonds. The summed E-state index contributed by atoms with van der Waals surface area (Å²) in [6.07, 6.45) is 4.19. The highest BCUT2D eigenvalue weighted by atomic mass is 16.6. The molecule has 9 heteroatoms. The van der Waals surface area contributed by atoms with Gasteiger partial charge in [-0.3, -0.25) is 0 Å². The molecule has 0 atom stereocenters. The van der Waals surface area contributed by atoms with Crippen molar-refractivity contribution in [2.24, 2.45) is 0 Å². The Bertz CT molecular complexity index is 605. The molecule has 0 saturated heterocycles. The Morgan fingerprint density at radius 1 is 1.43 bits per heavy atom. The molecule has 0 fully saturated rings. The largest absolute Gasteiger partial charge is 0.358 e. The third-order valence-electron chi connectivity index (χ3n) is 3.09. The van der Waals surface area contributed by atoms with E-state index in [0.717, 1.165) is 18.7 Å². The fraction of sp³-hybridized carbons (Fsp3) is 0.583. The Morgan fingerprint density at radius 2 is 2.24 bits per heavy atom. The van der Waals surface area contributed by atoms with Crippen LogP contribution in [-0.4, -0.2) is 36.0 Å². The third kappa shape index (κ3) is 3.85. The van der Waals surface area contributed by atoms with Crippen molar-refractivity contribution in [2.45, 2.75) is 39.9 Å². The van der Waals surface area contributed by atoms with Crippen molar-refractivity contribution in [2.75, 3.05) is 6.54 Å². The van der Waals surface area contributed by atoms with E-state index in [4.69, 9.17) is 0 Å². The van der Waals surface area contributed by atoms with Crippen LogP contribution in [-0.2, 0) is 19.6 Å². The van der Waals surface area contributed by atoms with Crippen LogP contribution >= 0.6 is 0 Å². The predicted molar refractivity (Wildman–Crippen MR) is 75.6 cm³/mol. The van der Waals surface area contributed by atoms with Crippen LogP contribution in [0.25, 0.3) is 0 Å². The molecule has 9 nitrogen and oxygen atoms in total. The topological polar surface area (TPSA) is 104 Å². The number of nitro groups is 1. The second kappa shape index (κ2) is 6.93. The first kappa shape index (κ1) is 15.1. The van der Waals surface area contributed by atoms with Crippen LogP contribution < -0.4 is 5.32 Å². The molecular formula is C12H19N7O2. The average molecular weight is 293 g/mol. The number of rotatable bonds is 8. The SMILES string of the molecule is CCCNCc1cn(CCn2c([N+](=O)[O-])cnc2C)nn1. The van der Waals surface area contributed by atoms with Gasteiger partial charge in [0.15, 0.2) is 5.82 Å². The maximum Gasteiger partial charge on any atom is 0.342 e. The highest BCUT2D eigenvalue weighted by molar-refractivity contribution is 5.18. The molecule has 21 heavy (non-hydrogen) atoms. The van der Waals surface area contributed by atoms with Crippen molar-refractivity contribution < 1.29 is 4.92 Å². The summed E-state index contributed by atoms with van der Waals surface area (Å²) in [5.41, 5.74) is 0.861. The lowest BCUT2D eigenvalue weighted by Crippen LogP contribution is -2.14. The van der Waals surface area contributed by atoms with E-state index in [0.29, 0.717) is 25.5 Å². The van der Waals surface area contributed by atoms with E-state index in [1.165, 1.54) is 6.20 Å². The van der Waals surface area contributed by atoms with E-state index < -0.39 is 4.92 Å². The lowest BCUT2D eigenvalue weighted by Gasteiger charge is -2.02. The molecule has 2 aromatic rings. The van der Waals surface area contributed by atoms with Gasteiger partial charge < -0.3 is 15.4 Å². The van der Waals surface area contributed by atoms with Gasteiger partial charge in [-0.1, -0.05) is 12.1 Å². The Morgan fingerprint density at radius 3 is 2.95 bits per heavy atom. The smallest absolute Gasteiger partial charge is 0.342 e. The molecule has 0 aliphatic rings. The minimum atomic E-state index is -0.429. The molecule has 0 radical (unpaired) electrons. The molecule has 2 rings (SSSR count). The Balaban J connectivity index is 1.94. The molecule has 0 spiro atoms. The van der Waals surface area contributed by atoms with E-state index >= 15 is 0 Å². The minimum Gasteiger partial charge on any atom is -0.358 e. The first-order chi connectivity index (χ1) is 10.1. The van der Waals surface area contributed by atoms with Gasteiger partial charge >= 0.3 is 5.82 Å². The van der Waals surface area contributed by atoms with E-state index in [9.17, 15) is 10.1 Å². The lowest BCUT2D eigenvalue weighted by atomic mass is 10.4. The normalized spacial score (nSPS) is 11.0. The van der Waals surface area contributed by atoms with Crippen molar-refractivity contribution in [3.63, 3.8) is 0 Å². The Kier molecular flexibility index (Phi) is 4.99. The highest BCUT2D eigenvalue weighted by Gasteiger charge is 2.17. The zero-order valence-electron chi connectivity index (χ0n) is 12.2. The molecule has 0 aliphatic carbocycles. The molecule has 114 valence electrons. The molecule has 0 saturated carbocycles. The predicted octanol–water partition coefficient (Wildman–Crippen LogP) is 0.891.